The van der Waals surface area contributed by atoms with Crippen LogP contribution in [0.2, 0.25) is 0 Å². The van der Waals surface area contributed by atoms with Crippen molar-refractivity contribution in [1.82, 2.24) is 0 Å². The number of rotatable bonds is 6. The Morgan fingerprint density at radius 1 is 1.11 bits per heavy atom. The molecule has 1 aromatic rings. The van der Waals surface area contributed by atoms with Crippen molar-refractivity contribution in [2.24, 2.45) is 5.41 Å². The maximum absolute atomic E-state index is 11.9. The van der Waals surface area contributed by atoms with Crippen molar-refractivity contribution in [2.75, 3.05) is 6.61 Å². The Hall–Kier alpha value is -1.51. The van der Waals surface area contributed by atoms with Crippen molar-refractivity contribution < 1.29 is 14.3 Å². The molecule has 0 N–H and O–H groups in total. The van der Waals surface area contributed by atoms with Crippen LogP contribution in [0.25, 0.3) is 0 Å². The zero-order valence-corrected chi connectivity index (χ0v) is 11.9. The van der Waals surface area contributed by atoms with Crippen LogP contribution in [0.3, 0.4) is 0 Å². The highest BCUT2D eigenvalue weighted by atomic mass is 16.5. The molecule has 0 saturated heterocycles. The lowest BCUT2D eigenvalue weighted by Crippen LogP contribution is -2.56. The molecule has 0 heterocycles. The van der Waals surface area contributed by atoms with E-state index in [4.69, 9.17) is 9.47 Å². The fraction of sp³-hybridized carbons (Fsp3) is 0.562. The molecule has 1 unspecified atom stereocenters. The third-order valence-corrected chi connectivity index (χ3v) is 4.22. The second kappa shape index (κ2) is 5.64. The van der Waals surface area contributed by atoms with Crippen molar-refractivity contribution in [3.8, 4) is 11.5 Å². The zero-order valence-electron chi connectivity index (χ0n) is 11.9. The Morgan fingerprint density at radius 3 is 2.16 bits per heavy atom. The Labute approximate surface area is 114 Å². The number of ether oxygens (including phenoxy) is 2. The summed E-state index contributed by atoms with van der Waals surface area (Å²) in [5.41, 5.74) is -0.265. The third kappa shape index (κ3) is 2.46. The molecule has 0 bridgehead atoms. The highest BCUT2D eigenvalue weighted by Crippen LogP contribution is 2.45. The molecule has 0 aliphatic heterocycles. The maximum atomic E-state index is 11.9. The van der Waals surface area contributed by atoms with E-state index in [1.165, 1.54) is 0 Å². The summed E-state index contributed by atoms with van der Waals surface area (Å²) in [6.07, 6.45) is 2.26. The summed E-state index contributed by atoms with van der Waals surface area (Å²) in [6.45, 7) is 6.75. The van der Waals surface area contributed by atoms with Crippen molar-refractivity contribution in [1.29, 1.82) is 0 Å². The molecule has 19 heavy (non-hydrogen) atoms. The monoisotopic (exact) mass is 262 g/mol. The fourth-order valence-electron chi connectivity index (χ4n) is 2.81. The van der Waals surface area contributed by atoms with Crippen LogP contribution < -0.4 is 9.47 Å². The first-order valence-electron chi connectivity index (χ1n) is 7.09. The predicted molar refractivity (Wildman–Crippen MR) is 74.7 cm³/mol. The van der Waals surface area contributed by atoms with E-state index >= 15 is 0 Å². The Bertz CT molecular complexity index is 432. The molecule has 1 fully saturated rings. The molecule has 0 aromatic heterocycles. The van der Waals surface area contributed by atoms with Gasteiger partial charge in [-0.05, 0) is 44.0 Å². The van der Waals surface area contributed by atoms with Gasteiger partial charge in [0.25, 0.3) is 0 Å². The first-order chi connectivity index (χ1) is 9.16. The maximum Gasteiger partial charge on any atom is 0.146 e. The van der Waals surface area contributed by atoms with Gasteiger partial charge in [-0.25, -0.2) is 0 Å². The second-order valence-electron chi connectivity index (χ2n) is 5.00. The zero-order chi connectivity index (χ0) is 13.9. The van der Waals surface area contributed by atoms with Gasteiger partial charge in [-0.3, -0.25) is 4.79 Å². The molecule has 1 aliphatic carbocycles. The van der Waals surface area contributed by atoms with E-state index < -0.39 is 0 Å². The lowest BCUT2D eigenvalue weighted by molar-refractivity contribution is -0.153. The number of hydrogen-bond donors (Lipinski definition) is 0. The van der Waals surface area contributed by atoms with Gasteiger partial charge in [0.05, 0.1) is 12.0 Å². The van der Waals surface area contributed by atoms with Crippen molar-refractivity contribution >= 4 is 5.78 Å². The smallest absolute Gasteiger partial charge is 0.146 e. The van der Waals surface area contributed by atoms with Crippen LogP contribution >= 0.6 is 0 Å². The normalized spacial score (nSPS) is 20.8. The lowest BCUT2D eigenvalue weighted by atomic mass is 9.61. The summed E-state index contributed by atoms with van der Waals surface area (Å²) in [6, 6.07) is 7.62. The van der Waals surface area contributed by atoms with Crippen LogP contribution in [0.4, 0.5) is 0 Å². The van der Waals surface area contributed by atoms with Gasteiger partial charge in [0.15, 0.2) is 0 Å². The van der Waals surface area contributed by atoms with E-state index in [9.17, 15) is 4.79 Å². The highest BCUT2D eigenvalue weighted by molar-refractivity contribution is 5.92. The van der Waals surface area contributed by atoms with Crippen molar-refractivity contribution in [3.63, 3.8) is 0 Å². The second-order valence-corrected chi connectivity index (χ2v) is 5.00. The van der Waals surface area contributed by atoms with Gasteiger partial charge < -0.3 is 9.47 Å². The number of Topliss-reactive ketones (excluding diaryl/α,β-unsaturated/α-hetero) is 1. The minimum Gasteiger partial charge on any atom is -0.494 e. The van der Waals surface area contributed by atoms with Crippen molar-refractivity contribution in [3.05, 3.63) is 24.3 Å². The summed E-state index contributed by atoms with van der Waals surface area (Å²) in [4.78, 5) is 11.9. The fourth-order valence-corrected chi connectivity index (χ4v) is 2.81. The summed E-state index contributed by atoms with van der Waals surface area (Å²) in [5.74, 6) is 2.00. The standard InChI is InChI=1S/C16H22O3/c1-4-16(5-2)14(17)11-15(16)19-13-9-7-12(8-10-13)18-6-3/h7-10,15H,4-6,11H2,1-3H3. The molecule has 3 nitrogen and oxygen atoms in total. The van der Waals surface area contributed by atoms with Crippen LogP contribution in [0.1, 0.15) is 40.0 Å². The number of carbonyl (C=O) groups excluding carboxylic acids is 1. The van der Waals surface area contributed by atoms with Gasteiger partial charge in [0.1, 0.15) is 23.4 Å². The average Bonchev–Trinajstić information content (AvgIpc) is 2.42. The summed E-state index contributed by atoms with van der Waals surface area (Å²) >= 11 is 0. The van der Waals surface area contributed by atoms with Gasteiger partial charge in [-0.1, -0.05) is 13.8 Å². The van der Waals surface area contributed by atoms with E-state index in [1.54, 1.807) is 0 Å². The molecular formula is C16H22O3. The van der Waals surface area contributed by atoms with Gasteiger partial charge in [-0.2, -0.15) is 0 Å². The molecule has 1 atom stereocenters. The summed E-state index contributed by atoms with van der Waals surface area (Å²) in [7, 11) is 0. The van der Waals surface area contributed by atoms with Crippen LogP contribution in [0, 0.1) is 5.41 Å². The lowest BCUT2D eigenvalue weighted by Gasteiger charge is -2.46. The molecule has 1 aliphatic rings. The van der Waals surface area contributed by atoms with Crippen LogP contribution in [-0.4, -0.2) is 18.5 Å². The summed E-state index contributed by atoms with van der Waals surface area (Å²) < 4.78 is 11.4. The molecule has 0 spiro atoms. The van der Waals surface area contributed by atoms with E-state index in [0.29, 0.717) is 18.8 Å². The number of ketones is 1. The number of hydrogen-bond acceptors (Lipinski definition) is 3. The Morgan fingerprint density at radius 2 is 1.68 bits per heavy atom. The Kier molecular flexibility index (Phi) is 4.13. The largest absolute Gasteiger partial charge is 0.494 e. The average molecular weight is 262 g/mol. The van der Waals surface area contributed by atoms with Gasteiger partial charge >= 0.3 is 0 Å². The SMILES string of the molecule is CCOc1ccc(OC2CC(=O)C2(CC)CC)cc1. The van der Waals surface area contributed by atoms with E-state index in [-0.39, 0.29) is 11.5 Å². The molecule has 104 valence electrons. The quantitative estimate of drug-likeness (QED) is 0.785. The Balaban J connectivity index is 2.03. The molecule has 2 rings (SSSR count). The molecule has 0 radical (unpaired) electrons. The van der Waals surface area contributed by atoms with Crippen molar-refractivity contribution in [2.45, 2.75) is 46.1 Å². The van der Waals surface area contributed by atoms with E-state index in [2.05, 4.69) is 13.8 Å². The molecular weight excluding hydrogens is 240 g/mol. The molecule has 0 amide bonds. The highest BCUT2D eigenvalue weighted by Gasteiger charge is 2.53. The molecule has 1 aromatic carbocycles. The predicted octanol–water partition coefficient (Wildman–Crippen LogP) is 3.61. The first kappa shape index (κ1) is 13.9. The van der Waals surface area contributed by atoms with Gasteiger partial charge in [0.2, 0.25) is 0 Å². The van der Waals surface area contributed by atoms with E-state index in [1.807, 2.05) is 31.2 Å². The number of carbonyl (C=O) groups is 1. The first-order valence-corrected chi connectivity index (χ1v) is 7.09. The number of benzene rings is 1. The van der Waals surface area contributed by atoms with Gasteiger partial charge in [0, 0.05) is 6.42 Å². The molecule has 3 heteroatoms. The minimum atomic E-state index is -0.265. The topological polar surface area (TPSA) is 35.5 Å². The van der Waals surface area contributed by atoms with Crippen LogP contribution in [0.15, 0.2) is 24.3 Å². The van der Waals surface area contributed by atoms with Crippen LogP contribution in [-0.2, 0) is 4.79 Å². The van der Waals surface area contributed by atoms with E-state index in [0.717, 1.165) is 24.3 Å². The summed E-state index contributed by atoms with van der Waals surface area (Å²) in [5, 5.41) is 0. The minimum absolute atomic E-state index is 0.0212. The van der Waals surface area contributed by atoms with Crippen LogP contribution in [0.5, 0.6) is 11.5 Å². The van der Waals surface area contributed by atoms with Gasteiger partial charge in [-0.15, -0.1) is 0 Å². The molecule has 1 saturated carbocycles. The third-order valence-electron chi connectivity index (χ3n) is 4.22.